The van der Waals surface area contributed by atoms with Gasteiger partial charge < -0.3 is 10.1 Å². The molecule has 0 aliphatic carbocycles. The molecule has 0 spiro atoms. The number of amides is 1. The molecule has 1 amide bonds. The molecule has 1 aromatic carbocycles. The molecule has 0 saturated heterocycles. The van der Waals surface area contributed by atoms with E-state index in [0.717, 1.165) is 23.2 Å². The zero-order chi connectivity index (χ0) is 17.4. The fourth-order valence-electron chi connectivity index (χ4n) is 2.01. The van der Waals surface area contributed by atoms with Gasteiger partial charge >= 0.3 is 0 Å². The summed E-state index contributed by atoms with van der Waals surface area (Å²) in [5, 5.41) is 3.45. The predicted molar refractivity (Wildman–Crippen MR) is 99.6 cm³/mol. The molecule has 0 saturated carbocycles. The molecule has 0 bridgehead atoms. The van der Waals surface area contributed by atoms with E-state index in [4.69, 9.17) is 16.3 Å². The minimum absolute atomic E-state index is 0.0917. The molecule has 24 heavy (non-hydrogen) atoms. The number of aromatic nitrogens is 1. The largest absolute Gasteiger partial charge is 0.494 e. The Morgan fingerprint density at radius 2 is 2.04 bits per heavy atom. The van der Waals surface area contributed by atoms with Crippen molar-refractivity contribution in [3.8, 4) is 5.75 Å². The van der Waals surface area contributed by atoms with Crippen LogP contribution in [-0.2, 0) is 4.79 Å². The molecule has 128 valence electrons. The number of nitrogens with zero attached hydrogens (tertiary/aromatic N) is 2. The van der Waals surface area contributed by atoms with Crippen molar-refractivity contribution >= 4 is 39.3 Å². The Balaban J connectivity index is 1.63. The van der Waals surface area contributed by atoms with Crippen LogP contribution in [0.4, 0.5) is 5.82 Å². The first-order valence-corrected chi connectivity index (χ1v) is 8.68. The van der Waals surface area contributed by atoms with E-state index in [1.54, 1.807) is 24.4 Å². The first kappa shape index (κ1) is 18.7. The van der Waals surface area contributed by atoms with Crippen molar-refractivity contribution in [1.29, 1.82) is 0 Å². The number of hydrogen-bond donors (Lipinski definition) is 1. The van der Waals surface area contributed by atoms with E-state index in [-0.39, 0.29) is 5.91 Å². The van der Waals surface area contributed by atoms with Gasteiger partial charge in [0.1, 0.15) is 11.6 Å². The van der Waals surface area contributed by atoms with Gasteiger partial charge in [0.15, 0.2) is 0 Å². The van der Waals surface area contributed by atoms with Gasteiger partial charge in [-0.3, -0.25) is 9.69 Å². The van der Waals surface area contributed by atoms with Crippen LogP contribution in [0.15, 0.2) is 47.1 Å². The highest BCUT2D eigenvalue weighted by atomic mass is 79.9. The number of rotatable bonds is 8. The van der Waals surface area contributed by atoms with Crippen LogP contribution in [0.5, 0.6) is 5.75 Å². The lowest BCUT2D eigenvalue weighted by atomic mass is 10.3. The summed E-state index contributed by atoms with van der Waals surface area (Å²) in [6.07, 6.45) is 2.47. The molecular formula is C17H19BrClN3O2. The van der Waals surface area contributed by atoms with Crippen molar-refractivity contribution < 1.29 is 9.53 Å². The number of halogens is 2. The van der Waals surface area contributed by atoms with Crippen molar-refractivity contribution in [2.24, 2.45) is 0 Å². The third-order valence-electron chi connectivity index (χ3n) is 3.17. The number of nitrogens with one attached hydrogen (secondary N) is 1. The maximum atomic E-state index is 11.9. The van der Waals surface area contributed by atoms with Crippen LogP contribution >= 0.6 is 27.5 Å². The minimum atomic E-state index is -0.0917. The number of pyridine rings is 1. The molecule has 2 rings (SSSR count). The summed E-state index contributed by atoms with van der Waals surface area (Å²) in [4.78, 5) is 18.0. The summed E-state index contributed by atoms with van der Waals surface area (Å²) in [6.45, 7) is 1.65. The normalized spacial score (nSPS) is 10.7. The highest BCUT2D eigenvalue weighted by molar-refractivity contribution is 9.10. The van der Waals surface area contributed by atoms with Crippen LogP contribution < -0.4 is 10.1 Å². The van der Waals surface area contributed by atoms with Crippen molar-refractivity contribution in [3.05, 3.63) is 52.1 Å². The van der Waals surface area contributed by atoms with Gasteiger partial charge in [0.05, 0.1) is 13.2 Å². The number of hydrogen-bond acceptors (Lipinski definition) is 4. The van der Waals surface area contributed by atoms with E-state index in [9.17, 15) is 4.79 Å². The Labute approximate surface area is 155 Å². The molecule has 0 unspecified atom stereocenters. The molecule has 5 nitrogen and oxygen atoms in total. The van der Waals surface area contributed by atoms with E-state index in [2.05, 4.69) is 26.2 Å². The molecule has 1 heterocycles. The van der Waals surface area contributed by atoms with Crippen molar-refractivity contribution in [2.45, 2.75) is 6.42 Å². The summed E-state index contributed by atoms with van der Waals surface area (Å²) >= 11 is 9.13. The van der Waals surface area contributed by atoms with Gasteiger partial charge in [-0.1, -0.05) is 11.6 Å². The Hall–Kier alpha value is -1.63. The second-order valence-corrected chi connectivity index (χ2v) is 6.66. The van der Waals surface area contributed by atoms with Gasteiger partial charge in [0.25, 0.3) is 0 Å². The van der Waals surface area contributed by atoms with Gasteiger partial charge in [0, 0.05) is 22.2 Å². The fraction of sp³-hybridized carbons (Fsp3) is 0.294. The minimum Gasteiger partial charge on any atom is -0.494 e. The summed E-state index contributed by atoms with van der Waals surface area (Å²) < 4.78 is 6.50. The van der Waals surface area contributed by atoms with Crippen molar-refractivity contribution in [1.82, 2.24) is 9.88 Å². The van der Waals surface area contributed by atoms with Crippen LogP contribution in [0, 0.1) is 0 Å². The molecule has 1 aromatic heterocycles. The summed E-state index contributed by atoms with van der Waals surface area (Å²) in [6, 6.07) is 10.9. The lowest BCUT2D eigenvalue weighted by Crippen LogP contribution is -2.31. The molecule has 2 aromatic rings. The van der Waals surface area contributed by atoms with E-state index in [1.165, 1.54) is 0 Å². The maximum absolute atomic E-state index is 11.9. The van der Waals surface area contributed by atoms with Crippen LogP contribution in [-0.4, -0.2) is 42.5 Å². The predicted octanol–water partition coefficient (Wildman–Crippen LogP) is 3.84. The van der Waals surface area contributed by atoms with Gasteiger partial charge in [0.2, 0.25) is 5.91 Å². The summed E-state index contributed by atoms with van der Waals surface area (Å²) in [7, 11) is 1.90. The monoisotopic (exact) mass is 411 g/mol. The second kappa shape index (κ2) is 9.61. The highest BCUT2D eigenvalue weighted by Gasteiger charge is 2.07. The number of carbonyl (C=O) groups is 1. The standard InChI is InChI=1S/C17H19BrClN3O2/c1-22(9-2-10-24-15-6-4-14(19)5-7-15)12-17(23)21-16-8-3-13(18)11-20-16/h3-8,11H,2,9-10,12H2,1H3,(H,20,21,23). The molecular weight excluding hydrogens is 394 g/mol. The smallest absolute Gasteiger partial charge is 0.239 e. The Bertz CT molecular complexity index is 650. The third kappa shape index (κ3) is 6.86. The van der Waals surface area contributed by atoms with E-state index < -0.39 is 0 Å². The summed E-state index contributed by atoms with van der Waals surface area (Å²) in [5.74, 6) is 1.25. The molecule has 0 fully saturated rings. The SMILES string of the molecule is CN(CCCOc1ccc(Cl)cc1)CC(=O)Nc1ccc(Br)cn1. The molecule has 0 aliphatic rings. The van der Waals surface area contributed by atoms with Crippen LogP contribution in [0.25, 0.3) is 0 Å². The molecule has 1 N–H and O–H groups in total. The Morgan fingerprint density at radius 1 is 1.29 bits per heavy atom. The molecule has 0 atom stereocenters. The fourth-order valence-corrected chi connectivity index (χ4v) is 2.37. The van der Waals surface area contributed by atoms with E-state index in [0.29, 0.717) is 24.0 Å². The van der Waals surface area contributed by atoms with E-state index in [1.807, 2.05) is 30.1 Å². The number of benzene rings is 1. The topological polar surface area (TPSA) is 54.5 Å². The van der Waals surface area contributed by atoms with Gasteiger partial charge in [-0.05, 0) is 65.8 Å². The van der Waals surface area contributed by atoms with Gasteiger partial charge in [-0.2, -0.15) is 0 Å². The lowest BCUT2D eigenvalue weighted by Gasteiger charge is -2.16. The van der Waals surface area contributed by atoms with E-state index >= 15 is 0 Å². The number of carbonyl (C=O) groups excluding carboxylic acids is 1. The lowest BCUT2D eigenvalue weighted by molar-refractivity contribution is -0.117. The number of anilines is 1. The maximum Gasteiger partial charge on any atom is 0.239 e. The first-order valence-electron chi connectivity index (χ1n) is 7.51. The number of ether oxygens (including phenoxy) is 1. The number of likely N-dealkylation sites (N-methyl/N-ethyl adjacent to an activating group) is 1. The second-order valence-electron chi connectivity index (χ2n) is 5.30. The van der Waals surface area contributed by atoms with Crippen molar-refractivity contribution in [2.75, 3.05) is 32.1 Å². The average Bonchev–Trinajstić information content (AvgIpc) is 2.55. The quantitative estimate of drug-likeness (QED) is 0.669. The van der Waals surface area contributed by atoms with Crippen LogP contribution in [0.3, 0.4) is 0 Å². The average molecular weight is 413 g/mol. The zero-order valence-corrected chi connectivity index (χ0v) is 15.7. The van der Waals surface area contributed by atoms with Crippen LogP contribution in [0.2, 0.25) is 5.02 Å². The Morgan fingerprint density at radius 3 is 2.71 bits per heavy atom. The van der Waals surface area contributed by atoms with Gasteiger partial charge in [-0.15, -0.1) is 0 Å². The van der Waals surface area contributed by atoms with Crippen molar-refractivity contribution in [3.63, 3.8) is 0 Å². The third-order valence-corrected chi connectivity index (χ3v) is 3.90. The Kier molecular flexibility index (Phi) is 7.49. The first-order chi connectivity index (χ1) is 11.5. The molecule has 7 heteroatoms. The van der Waals surface area contributed by atoms with Crippen LogP contribution in [0.1, 0.15) is 6.42 Å². The summed E-state index contributed by atoms with van der Waals surface area (Å²) in [5.41, 5.74) is 0. The molecule has 0 radical (unpaired) electrons. The van der Waals surface area contributed by atoms with Gasteiger partial charge in [-0.25, -0.2) is 4.98 Å². The highest BCUT2D eigenvalue weighted by Crippen LogP contribution is 2.15. The zero-order valence-electron chi connectivity index (χ0n) is 13.3. The molecule has 0 aliphatic heterocycles.